The van der Waals surface area contributed by atoms with Crippen LogP contribution in [0.25, 0.3) is 0 Å². The Labute approximate surface area is 112 Å². The molecule has 0 saturated heterocycles. The van der Waals surface area contributed by atoms with E-state index in [-0.39, 0.29) is 15.3 Å². The van der Waals surface area contributed by atoms with Crippen molar-refractivity contribution in [3.8, 4) is 6.07 Å². The van der Waals surface area contributed by atoms with Crippen LogP contribution in [0.15, 0.2) is 23.1 Å². The van der Waals surface area contributed by atoms with Crippen LogP contribution in [0.1, 0.15) is 25.3 Å². The molecule has 0 bridgehead atoms. The van der Waals surface area contributed by atoms with E-state index in [2.05, 4.69) is 4.72 Å². The third-order valence-electron chi connectivity index (χ3n) is 3.14. The fourth-order valence-corrected chi connectivity index (χ4v) is 3.27. The maximum atomic E-state index is 12.0. The zero-order valence-electron chi connectivity index (χ0n) is 9.90. The smallest absolute Gasteiger partial charge is 0.211 e. The van der Waals surface area contributed by atoms with Crippen LogP contribution in [0.5, 0.6) is 0 Å². The van der Waals surface area contributed by atoms with Crippen LogP contribution in [-0.2, 0) is 10.0 Å². The average molecular weight is 285 g/mol. The summed E-state index contributed by atoms with van der Waals surface area (Å²) in [5.74, 6) is 0. The molecule has 18 heavy (non-hydrogen) atoms. The van der Waals surface area contributed by atoms with Crippen molar-refractivity contribution in [3.05, 3.63) is 28.8 Å². The van der Waals surface area contributed by atoms with Gasteiger partial charge in [-0.25, -0.2) is 13.1 Å². The predicted octanol–water partition coefficient (Wildman–Crippen LogP) is 2.29. The maximum Gasteiger partial charge on any atom is 0.242 e. The number of hydrogen-bond donors (Lipinski definition) is 1. The SMILES string of the molecule is CC1(CNS(=O)(=O)c2ccc(C#N)cc2Cl)CC1. The Morgan fingerprint density at radius 3 is 2.67 bits per heavy atom. The van der Waals surface area contributed by atoms with Crippen molar-refractivity contribution >= 4 is 21.6 Å². The van der Waals surface area contributed by atoms with Crippen molar-refractivity contribution in [2.24, 2.45) is 5.41 Å². The molecule has 0 atom stereocenters. The average Bonchev–Trinajstić information content (AvgIpc) is 3.05. The first-order chi connectivity index (χ1) is 8.36. The topological polar surface area (TPSA) is 70.0 Å². The molecule has 0 unspecified atom stereocenters. The van der Waals surface area contributed by atoms with E-state index >= 15 is 0 Å². The lowest BCUT2D eigenvalue weighted by Crippen LogP contribution is -2.29. The molecule has 1 aromatic rings. The van der Waals surface area contributed by atoms with E-state index in [1.807, 2.05) is 13.0 Å². The van der Waals surface area contributed by atoms with Gasteiger partial charge in [0.05, 0.1) is 16.7 Å². The maximum absolute atomic E-state index is 12.0. The van der Waals surface area contributed by atoms with Crippen molar-refractivity contribution in [3.63, 3.8) is 0 Å². The monoisotopic (exact) mass is 284 g/mol. The van der Waals surface area contributed by atoms with Gasteiger partial charge in [0.1, 0.15) is 4.90 Å². The van der Waals surface area contributed by atoms with Crippen LogP contribution in [0.2, 0.25) is 5.02 Å². The minimum atomic E-state index is -3.60. The number of benzene rings is 1. The number of rotatable bonds is 4. The molecule has 1 N–H and O–H groups in total. The van der Waals surface area contributed by atoms with E-state index in [4.69, 9.17) is 16.9 Å². The summed E-state index contributed by atoms with van der Waals surface area (Å²) >= 11 is 5.89. The van der Waals surface area contributed by atoms with Crippen molar-refractivity contribution in [2.45, 2.75) is 24.7 Å². The Bertz CT molecular complexity index is 615. The molecular formula is C12H13ClN2O2S. The summed E-state index contributed by atoms with van der Waals surface area (Å²) in [7, 11) is -3.60. The highest BCUT2D eigenvalue weighted by molar-refractivity contribution is 7.89. The van der Waals surface area contributed by atoms with Crippen molar-refractivity contribution in [2.75, 3.05) is 6.54 Å². The Hall–Kier alpha value is -1.09. The third-order valence-corrected chi connectivity index (χ3v) is 5.03. The number of nitriles is 1. The number of nitrogens with zero attached hydrogens (tertiary/aromatic N) is 1. The van der Waals surface area contributed by atoms with Crippen LogP contribution in [0.3, 0.4) is 0 Å². The zero-order chi connectivity index (χ0) is 13.4. The van der Waals surface area contributed by atoms with E-state index in [0.717, 1.165) is 12.8 Å². The molecule has 1 aliphatic carbocycles. The molecule has 96 valence electrons. The first-order valence-corrected chi connectivity index (χ1v) is 7.42. The van der Waals surface area contributed by atoms with Gasteiger partial charge >= 0.3 is 0 Å². The molecule has 0 heterocycles. The molecule has 1 fully saturated rings. The Morgan fingerprint density at radius 1 is 1.50 bits per heavy atom. The van der Waals surface area contributed by atoms with Crippen molar-refractivity contribution < 1.29 is 8.42 Å². The van der Waals surface area contributed by atoms with Gasteiger partial charge in [0.2, 0.25) is 10.0 Å². The van der Waals surface area contributed by atoms with Gasteiger partial charge in [-0.1, -0.05) is 18.5 Å². The number of hydrogen-bond acceptors (Lipinski definition) is 3. The largest absolute Gasteiger partial charge is 0.242 e. The second-order valence-electron chi connectivity index (χ2n) is 4.89. The lowest BCUT2D eigenvalue weighted by molar-refractivity contribution is 0.530. The highest BCUT2D eigenvalue weighted by Gasteiger charge is 2.38. The van der Waals surface area contributed by atoms with Crippen LogP contribution < -0.4 is 4.72 Å². The highest BCUT2D eigenvalue weighted by atomic mass is 35.5. The van der Waals surface area contributed by atoms with E-state index in [1.165, 1.54) is 18.2 Å². The summed E-state index contributed by atoms with van der Waals surface area (Å²) in [6.45, 7) is 2.46. The summed E-state index contributed by atoms with van der Waals surface area (Å²) in [4.78, 5) is 0.0208. The molecule has 1 aromatic carbocycles. The molecule has 0 radical (unpaired) electrons. The van der Waals surface area contributed by atoms with Gasteiger partial charge in [-0.15, -0.1) is 0 Å². The Kier molecular flexibility index (Phi) is 3.37. The fourth-order valence-electron chi connectivity index (χ4n) is 1.53. The molecule has 1 saturated carbocycles. The van der Waals surface area contributed by atoms with E-state index in [9.17, 15) is 8.42 Å². The second kappa shape index (κ2) is 4.54. The molecule has 0 spiro atoms. The van der Waals surface area contributed by atoms with E-state index in [1.54, 1.807) is 0 Å². The minimum absolute atomic E-state index is 0.0208. The van der Waals surface area contributed by atoms with Crippen LogP contribution >= 0.6 is 11.6 Å². The molecule has 6 heteroatoms. The van der Waals surface area contributed by atoms with Gasteiger partial charge in [0.25, 0.3) is 0 Å². The first-order valence-electron chi connectivity index (χ1n) is 5.56. The first kappa shape index (κ1) is 13.3. The summed E-state index contributed by atoms with van der Waals surface area (Å²) in [5.41, 5.74) is 0.430. The van der Waals surface area contributed by atoms with Gasteiger partial charge in [0.15, 0.2) is 0 Å². The number of halogens is 1. The quantitative estimate of drug-likeness (QED) is 0.922. The molecule has 0 aliphatic heterocycles. The minimum Gasteiger partial charge on any atom is -0.211 e. The van der Waals surface area contributed by atoms with Crippen LogP contribution in [0.4, 0.5) is 0 Å². The summed E-state index contributed by atoms with van der Waals surface area (Å²) in [6.07, 6.45) is 2.08. The zero-order valence-corrected chi connectivity index (χ0v) is 11.5. The lowest BCUT2D eigenvalue weighted by atomic mass is 10.2. The normalized spacial score (nSPS) is 17.2. The molecule has 4 nitrogen and oxygen atoms in total. The van der Waals surface area contributed by atoms with Gasteiger partial charge < -0.3 is 0 Å². The molecule has 0 amide bonds. The van der Waals surface area contributed by atoms with Gasteiger partial charge in [-0.3, -0.25) is 0 Å². The number of nitrogens with one attached hydrogen (secondary N) is 1. The van der Waals surface area contributed by atoms with E-state index in [0.29, 0.717) is 12.1 Å². The number of sulfonamides is 1. The van der Waals surface area contributed by atoms with Crippen LogP contribution in [-0.4, -0.2) is 15.0 Å². The molecule has 0 aromatic heterocycles. The summed E-state index contributed by atoms with van der Waals surface area (Å²) in [6, 6.07) is 6.07. The fraction of sp³-hybridized carbons (Fsp3) is 0.417. The third kappa shape index (κ3) is 2.83. The van der Waals surface area contributed by atoms with Gasteiger partial charge in [-0.05, 0) is 36.5 Å². The summed E-state index contributed by atoms with van der Waals surface area (Å²) in [5, 5.41) is 8.77. The predicted molar refractivity (Wildman–Crippen MR) is 68.7 cm³/mol. The Balaban J connectivity index is 2.21. The van der Waals surface area contributed by atoms with Crippen LogP contribution in [0, 0.1) is 16.7 Å². The highest BCUT2D eigenvalue weighted by Crippen LogP contribution is 2.44. The molecular weight excluding hydrogens is 272 g/mol. The van der Waals surface area contributed by atoms with Gasteiger partial charge in [0, 0.05) is 6.54 Å². The molecule has 1 aliphatic rings. The molecule has 2 rings (SSSR count). The lowest BCUT2D eigenvalue weighted by Gasteiger charge is -2.11. The van der Waals surface area contributed by atoms with E-state index < -0.39 is 10.0 Å². The summed E-state index contributed by atoms with van der Waals surface area (Å²) < 4.78 is 26.7. The van der Waals surface area contributed by atoms with Gasteiger partial charge in [-0.2, -0.15) is 5.26 Å². The van der Waals surface area contributed by atoms with Crippen molar-refractivity contribution in [1.82, 2.24) is 4.72 Å². The Morgan fingerprint density at radius 2 is 2.17 bits per heavy atom. The second-order valence-corrected chi connectivity index (χ2v) is 7.03. The van der Waals surface area contributed by atoms with Crippen molar-refractivity contribution in [1.29, 1.82) is 5.26 Å². The standard InChI is InChI=1S/C12H13ClN2O2S/c1-12(4-5-12)8-15-18(16,17)11-3-2-9(7-14)6-10(11)13/h2-3,6,15H,4-5,8H2,1H3.